The number of aryl methyl sites for hydroxylation is 2. The lowest BCUT2D eigenvalue weighted by Gasteiger charge is -2.08. The molecule has 7 heteroatoms. The molecule has 2 aromatic carbocycles. The van der Waals surface area contributed by atoms with Gasteiger partial charge in [-0.05, 0) is 52.4 Å². The number of benzene rings is 2. The largest absolute Gasteiger partial charge is 0.245 e. The number of hydrogen-bond donors (Lipinski definition) is 1. The quantitative estimate of drug-likeness (QED) is 0.362. The molecule has 0 saturated carbocycles. The fourth-order valence-electron chi connectivity index (χ4n) is 3.59. The molecular weight excluding hydrogens is 398 g/mol. The monoisotopic (exact) mass is 425 g/mol. The molecule has 2 heterocycles. The Kier molecular flexibility index (Phi) is 6.97. The molecule has 0 radical (unpaired) electrons. The highest BCUT2D eigenvalue weighted by atomic mass is 15.5. The summed E-state index contributed by atoms with van der Waals surface area (Å²) in [7, 11) is 0. The first-order chi connectivity index (χ1) is 15.7. The maximum atomic E-state index is 4.72. The molecular formula is C25H27N7. The first-order valence-electron chi connectivity index (χ1n) is 10.8. The lowest BCUT2D eigenvalue weighted by Crippen LogP contribution is -2.07. The lowest BCUT2D eigenvalue weighted by molar-refractivity contribution is 0.629. The van der Waals surface area contributed by atoms with E-state index in [1.54, 1.807) is 0 Å². The molecule has 0 amide bonds. The highest BCUT2D eigenvalue weighted by molar-refractivity contribution is 5.55. The number of allylic oxidation sites excluding steroid dienone is 2. The topological polar surface area (TPSA) is 85.2 Å². The number of aromatic amines is 1. The molecule has 0 aliphatic rings. The van der Waals surface area contributed by atoms with Gasteiger partial charge in [0.25, 0.3) is 0 Å². The van der Waals surface area contributed by atoms with Crippen molar-refractivity contribution in [1.29, 1.82) is 0 Å². The van der Waals surface area contributed by atoms with Gasteiger partial charge in [0.2, 0.25) is 0 Å². The van der Waals surface area contributed by atoms with Crippen LogP contribution in [0, 0.1) is 0 Å². The zero-order valence-electron chi connectivity index (χ0n) is 18.1. The zero-order valence-corrected chi connectivity index (χ0v) is 18.1. The molecule has 0 fully saturated rings. The van der Waals surface area contributed by atoms with Crippen LogP contribution in [0.1, 0.15) is 41.2 Å². The summed E-state index contributed by atoms with van der Waals surface area (Å²) >= 11 is 0. The van der Waals surface area contributed by atoms with Gasteiger partial charge in [0, 0.05) is 18.4 Å². The fraction of sp³-hybridized carbons (Fsp3) is 0.240. The molecule has 0 unspecified atom stereocenters. The van der Waals surface area contributed by atoms with E-state index in [1.165, 1.54) is 16.7 Å². The van der Waals surface area contributed by atoms with Crippen LogP contribution in [-0.2, 0) is 25.8 Å². The number of nitrogens with one attached hydrogen (secondary N) is 1. The molecule has 0 saturated heterocycles. The Morgan fingerprint density at radius 2 is 1.69 bits per heavy atom. The standard InChI is InChI=1S/C25H27N7/c1-3-5-10-23-26-24(11-6-4-2)32(29-23)18-20-14-12-19(13-15-20)16-21-8-7-9-22(17-21)25-27-30-31-28-25/h3-4,7-9,12-15,17H,1-2,5-6,10-11,16,18H2,(H,27,28,30,31). The summed E-state index contributed by atoms with van der Waals surface area (Å²) in [6.45, 7) is 8.33. The highest BCUT2D eigenvalue weighted by Crippen LogP contribution is 2.18. The van der Waals surface area contributed by atoms with Crippen molar-refractivity contribution in [1.82, 2.24) is 35.4 Å². The minimum Gasteiger partial charge on any atom is -0.245 e. The number of hydrogen-bond acceptors (Lipinski definition) is 5. The molecule has 0 atom stereocenters. The van der Waals surface area contributed by atoms with Gasteiger partial charge in [0.15, 0.2) is 11.6 Å². The summed E-state index contributed by atoms with van der Waals surface area (Å²) in [5, 5.41) is 18.8. The van der Waals surface area contributed by atoms with E-state index in [0.29, 0.717) is 12.4 Å². The van der Waals surface area contributed by atoms with Gasteiger partial charge >= 0.3 is 0 Å². The summed E-state index contributed by atoms with van der Waals surface area (Å²) in [5.41, 5.74) is 4.64. The first kappa shape index (κ1) is 21.4. The molecule has 4 rings (SSSR count). The fourth-order valence-corrected chi connectivity index (χ4v) is 3.59. The third-order valence-corrected chi connectivity index (χ3v) is 5.25. The summed E-state index contributed by atoms with van der Waals surface area (Å²) in [4.78, 5) is 4.72. The SMILES string of the molecule is C=CCCc1nc(CCC=C)n(Cc2ccc(Cc3cccc(-c4nnn[nH]4)c3)cc2)n1. The van der Waals surface area contributed by atoms with Gasteiger partial charge in [-0.2, -0.15) is 5.10 Å². The zero-order chi connectivity index (χ0) is 22.2. The van der Waals surface area contributed by atoms with Crippen molar-refractivity contribution in [2.45, 2.75) is 38.6 Å². The van der Waals surface area contributed by atoms with Crippen molar-refractivity contribution in [3.63, 3.8) is 0 Å². The van der Waals surface area contributed by atoms with Crippen molar-refractivity contribution >= 4 is 0 Å². The van der Waals surface area contributed by atoms with Crippen molar-refractivity contribution in [3.8, 4) is 11.4 Å². The van der Waals surface area contributed by atoms with Crippen LogP contribution in [0.25, 0.3) is 11.4 Å². The molecule has 2 aromatic heterocycles. The van der Waals surface area contributed by atoms with Crippen LogP contribution in [0.4, 0.5) is 0 Å². The minimum atomic E-state index is 0.676. The maximum absolute atomic E-state index is 4.72. The smallest absolute Gasteiger partial charge is 0.179 e. The Hall–Kier alpha value is -3.87. The van der Waals surface area contributed by atoms with Gasteiger partial charge in [-0.15, -0.1) is 18.3 Å². The number of nitrogens with zero attached hydrogens (tertiary/aromatic N) is 6. The molecule has 4 aromatic rings. The van der Waals surface area contributed by atoms with Gasteiger partial charge in [-0.1, -0.05) is 54.6 Å². The average Bonchev–Trinajstić information content (AvgIpc) is 3.48. The van der Waals surface area contributed by atoms with Gasteiger partial charge < -0.3 is 0 Å². The second-order valence-electron chi connectivity index (χ2n) is 7.70. The van der Waals surface area contributed by atoms with Gasteiger partial charge in [0.1, 0.15) is 5.82 Å². The van der Waals surface area contributed by atoms with Crippen LogP contribution in [0.2, 0.25) is 0 Å². The van der Waals surface area contributed by atoms with E-state index in [-0.39, 0.29) is 0 Å². The third-order valence-electron chi connectivity index (χ3n) is 5.25. The number of aromatic nitrogens is 7. The predicted molar refractivity (Wildman–Crippen MR) is 125 cm³/mol. The molecule has 0 bridgehead atoms. The molecule has 0 aliphatic carbocycles. The highest BCUT2D eigenvalue weighted by Gasteiger charge is 2.10. The van der Waals surface area contributed by atoms with E-state index >= 15 is 0 Å². The van der Waals surface area contributed by atoms with Crippen LogP contribution < -0.4 is 0 Å². The van der Waals surface area contributed by atoms with E-state index in [1.807, 2.05) is 29.0 Å². The lowest BCUT2D eigenvalue weighted by atomic mass is 10.0. The van der Waals surface area contributed by atoms with Crippen molar-refractivity contribution in [3.05, 3.63) is 102 Å². The van der Waals surface area contributed by atoms with E-state index in [2.05, 4.69) is 70.2 Å². The van der Waals surface area contributed by atoms with Crippen LogP contribution in [-0.4, -0.2) is 35.4 Å². The number of H-pyrrole nitrogens is 1. The van der Waals surface area contributed by atoms with Crippen molar-refractivity contribution in [2.75, 3.05) is 0 Å². The normalized spacial score (nSPS) is 10.9. The Bertz CT molecular complexity index is 1160. The minimum absolute atomic E-state index is 0.676. The summed E-state index contributed by atoms with van der Waals surface area (Å²) in [5.74, 6) is 2.56. The van der Waals surface area contributed by atoms with Gasteiger partial charge in [-0.25, -0.2) is 14.8 Å². The first-order valence-corrected chi connectivity index (χ1v) is 10.8. The molecule has 162 valence electrons. The Balaban J connectivity index is 1.45. The van der Waals surface area contributed by atoms with Crippen LogP contribution >= 0.6 is 0 Å². The summed E-state index contributed by atoms with van der Waals surface area (Å²) in [6, 6.07) is 17.0. The Morgan fingerprint density at radius 3 is 2.44 bits per heavy atom. The van der Waals surface area contributed by atoms with E-state index in [4.69, 9.17) is 10.1 Å². The van der Waals surface area contributed by atoms with E-state index < -0.39 is 0 Å². The summed E-state index contributed by atoms with van der Waals surface area (Å²) in [6.07, 6.45) is 8.11. The average molecular weight is 426 g/mol. The van der Waals surface area contributed by atoms with E-state index in [9.17, 15) is 0 Å². The van der Waals surface area contributed by atoms with Crippen molar-refractivity contribution in [2.24, 2.45) is 0 Å². The van der Waals surface area contributed by atoms with Crippen molar-refractivity contribution < 1.29 is 0 Å². The van der Waals surface area contributed by atoms with Crippen LogP contribution in [0.15, 0.2) is 73.8 Å². The number of rotatable bonds is 11. The maximum Gasteiger partial charge on any atom is 0.179 e. The van der Waals surface area contributed by atoms with E-state index in [0.717, 1.165) is 49.3 Å². The predicted octanol–water partition coefficient (Wildman–Crippen LogP) is 4.33. The number of tetrazole rings is 1. The van der Waals surface area contributed by atoms with Crippen LogP contribution in [0.3, 0.4) is 0 Å². The molecule has 0 aliphatic heterocycles. The molecule has 7 nitrogen and oxygen atoms in total. The Labute approximate surface area is 187 Å². The molecule has 1 N–H and O–H groups in total. The Morgan fingerprint density at radius 1 is 0.906 bits per heavy atom. The molecule has 32 heavy (non-hydrogen) atoms. The second-order valence-corrected chi connectivity index (χ2v) is 7.70. The summed E-state index contributed by atoms with van der Waals surface area (Å²) < 4.78 is 2.02. The molecule has 0 spiro atoms. The second kappa shape index (κ2) is 10.4. The van der Waals surface area contributed by atoms with Crippen LogP contribution in [0.5, 0.6) is 0 Å². The van der Waals surface area contributed by atoms with Gasteiger partial charge in [-0.3, -0.25) is 0 Å². The van der Waals surface area contributed by atoms with Gasteiger partial charge in [0.05, 0.1) is 6.54 Å². The third kappa shape index (κ3) is 5.43.